The summed E-state index contributed by atoms with van der Waals surface area (Å²) < 4.78 is 79.1. The van der Waals surface area contributed by atoms with Crippen molar-refractivity contribution in [3.8, 4) is 0 Å². The highest BCUT2D eigenvalue weighted by molar-refractivity contribution is 5.94. The molecule has 5 nitrogen and oxygen atoms in total. The maximum absolute atomic E-state index is 13.6. The van der Waals surface area contributed by atoms with Gasteiger partial charge in [0.2, 0.25) is 5.60 Å². The molecule has 32 heavy (non-hydrogen) atoms. The zero-order valence-corrected chi connectivity index (χ0v) is 16.8. The minimum Gasteiger partial charge on any atom is -0.394 e. The lowest BCUT2D eigenvalue weighted by Gasteiger charge is -2.35. The lowest BCUT2D eigenvalue weighted by Crippen LogP contribution is -2.48. The number of benzene rings is 2. The summed E-state index contributed by atoms with van der Waals surface area (Å²) in [6, 6.07) is 6.58. The normalized spacial score (nSPS) is 17.3. The van der Waals surface area contributed by atoms with Gasteiger partial charge in [-0.15, -0.1) is 0 Å². The monoisotopic (exact) mass is 461 g/mol. The molecule has 11 heteroatoms. The SMILES string of the molecule is Nc1c(F)cc(C(=O)N2CCN(Cc3ccc(C(O)(CF)C(F)(F)F)cc3)CC2)cc1F. The summed E-state index contributed by atoms with van der Waals surface area (Å²) in [5.74, 6) is -2.56. The second kappa shape index (κ2) is 8.99. The standard InChI is InChI=1S/C21H21F6N3O2/c22-12-20(32,21(25,26)27)15-3-1-13(2-4-15)11-29-5-7-30(8-6-29)19(31)14-9-16(23)18(28)17(24)10-14/h1-4,9-10,32H,5-8,11-12,28H2. The molecule has 2 aromatic rings. The fraction of sp³-hybridized carbons (Fsp3) is 0.381. The van der Waals surface area contributed by atoms with E-state index in [1.54, 1.807) is 0 Å². The number of carbonyl (C=O) groups excluding carboxylic acids is 1. The Morgan fingerprint density at radius 3 is 2.00 bits per heavy atom. The summed E-state index contributed by atoms with van der Waals surface area (Å²) in [6.45, 7) is -0.240. The Kier molecular flexibility index (Phi) is 6.70. The number of aliphatic hydroxyl groups is 1. The van der Waals surface area contributed by atoms with Crippen LogP contribution in [-0.2, 0) is 12.1 Å². The molecule has 0 saturated carbocycles. The van der Waals surface area contributed by atoms with Crippen molar-refractivity contribution in [2.24, 2.45) is 0 Å². The summed E-state index contributed by atoms with van der Waals surface area (Å²) in [5, 5.41) is 9.66. The zero-order chi connectivity index (χ0) is 23.7. The average molecular weight is 461 g/mol. The van der Waals surface area contributed by atoms with Crippen LogP contribution >= 0.6 is 0 Å². The fourth-order valence-electron chi connectivity index (χ4n) is 3.46. The largest absolute Gasteiger partial charge is 0.424 e. The van der Waals surface area contributed by atoms with Crippen LogP contribution in [0.15, 0.2) is 36.4 Å². The van der Waals surface area contributed by atoms with Gasteiger partial charge in [-0.25, -0.2) is 13.2 Å². The number of nitrogen functional groups attached to an aromatic ring is 1. The van der Waals surface area contributed by atoms with Gasteiger partial charge < -0.3 is 15.7 Å². The van der Waals surface area contributed by atoms with E-state index in [0.717, 1.165) is 24.3 Å². The van der Waals surface area contributed by atoms with Crippen molar-refractivity contribution in [1.29, 1.82) is 0 Å². The minimum absolute atomic E-state index is 0.150. The highest BCUT2D eigenvalue weighted by Crippen LogP contribution is 2.39. The molecule has 1 amide bonds. The molecule has 0 radical (unpaired) electrons. The maximum atomic E-state index is 13.6. The van der Waals surface area contributed by atoms with Crippen LogP contribution in [0, 0.1) is 11.6 Å². The van der Waals surface area contributed by atoms with Crippen molar-refractivity contribution >= 4 is 11.6 Å². The predicted molar refractivity (Wildman–Crippen MR) is 104 cm³/mol. The molecule has 1 fully saturated rings. The first-order valence-electron chi connectivity index (χ1n) is 9.67. The van der Waals surface area contributed by atoms with Gasteiger partial charge in [0.15, 0.2) is 0 Å². The zero-order valence-electron chi connectivity index (χ0n) is 16.8. The lowest BCUT2D eigenvalue weighted by atomic mass is 9.93. The third kappa shape index (κ3) is 4.68. The molecule has 3 N–H and O–H groups in total. The molecule has 1 aliphatic heterocycles. The third-order valence-corrected chi connectivity index (χ3v) is 5.49. The Balaban J connectivity index is 1.60. The van der Waals surface area contributed by atoms with Gasteiger partial charge in [0, 0.05) is 38.3 Å². The molecule has 2 aromatic carbocycles. The summed E-state index contributed by atoms with van der Waals surface area (Å²) >= 11 is 0. The van der Waals surface area contributed by atoms with Crippen molar-refractivity contribution in [1.82, 2.24) is 9.80 Å². The summed E-state index contributed by atoms with van der Waals surface area (Å²) in [6.07, 6.45) is -5.15. The summed E-state index contributed by atoms with van der Waals surface area (Å²) in [7, 11) is 0. The van der Waals surface area contributed by atoms with E-state index in [1.165, 1.54) is 17.0 Å². The van der Waals surface area contributed by atoms with Crippen molar-refractivity contribution in [2.45, 2.75) is 18.3 Å². The molecule has 1 atom stereocenters. The number of hydrogen-bond donors (Lipinski definition) is 2. The highest BCUT2D eigenvalue weighted by atomic mass is 19.4. The smallest absolute Gasteiger partial charge is 0.394 e. The minimum atomic E-state index is -5.15. The van der Waals surface area contributed by atoms with Crippen molar-refractivity contribution in [3.63, 3.8) is 0 Å². The molecule has 0 aromatic heterocycles. The first-order valence-corrected chi connectivity index (χ1v) is 9.67. The number of piperazine rings is 1. The number of nitrogens with two attached hydrogens (primary N) is 1. The number of rotatable bonds is 5. The Labute approximate surface area is 180 Å². The second-order valence-corrected chi connectivity index (χ2v) is 7.61. The predicted octanol–water partition coefficient (Wildman–Crippen LogP) is 3.22. The summed E-state index contributed by atoms with van der Waals surface area (Å²) in [4.78, 5) is 15.9. The number of anilines is 1. The van der Waals surface area contributed by atoms with Gasteiger partial charge in [0.25, 0.3) is 5.91 Å². The molecule has 0 spiro atoms. The van der Waals surface area contributed by atoms with Crippen molar-refractivity contribution < 1.29 is 36.2 Å². The molecule has 0 aliphatic carbocycles. The number of amides is 1. The Morgan fingerprint density at radius 1 is 1.00 bits per heavy atom. The van der Waals surface area contributed by atoms with Gasteiger partial charge in [-0.1, -0.05) is 24.3 Å². The van der Waals surface area contributed by atoms with Gasteiger partial charge in [-0.05, 0) is 23.3 Å². The van der Waals surface area contributed by atoms with Crippen LogP contribution in [-0.4, -0.2) is 59.8 Å². The molecule has 1 saturated heterocycles. The fourth-order valence-corrected chi connectivity index (χ4v) is 3.46. The van der Waals surface area contributed by atoms with Crippen LogP contribution in [0.1, 0.15) is 21.5 Å². The Hall–Kier alpha value is -2.79. The molecule has 1 aliphatic rings. The maximum Gasteiger partial charge on any atom is 0.424 e. The van der Waals surface area contributed by atoms with E-state index in [0.29, 0.717) is 25.2 Å². The van der Waals surface area contributed by atoms with Gasteiger partial charge in [-0.3, -0.25) is 9.69 Å². The topological polar surface area (TPSA) is 69.8 Å². The van der Waals surface area contributed by atoms with Crippen molar-refractivity contribution in [3.05, 3.63) is 64.7 Å². The molecular formula is C21H21F6N3O2. The van der Waals surface area contributed by atoms with E-state index < -0.39 is 47.2 Å². The second-order valence-electron chi connectivity index (χ2n) is 7.61. The van der Waals surface area contributed by atoms with Gasteiger partial charge in [-0.2, -0.15) is 13.2 Å². The van der Waals surface area contributed by atoms with Crippen LogP contribution in [0.2, 0.25) is 0 Å². The molecule has 3 rings (SSSR count). The Bertz CT molecular complexity index is 951. The van der Waals surface area contributed by atoms with E-state index in [1.807, 2.05) is 4.90 Å². The van der Waals surface area contributed by atoms with Crippen LogP contribution in [0.4, 0.5) is 32.0 Å². The van der Waals surface area contributed by atoms with Crippen LogP contribution in [0.25, 0.3) is 0 Å². The number of nitrogens with zero attached hydrogens (tertiary/aromatic N) is 2. The number of alkyl halides is 4. The van der Waals surface area contributed by atoms with Crippen LogP contribution < -0.4 is 5.73 Å². The van der Waals surface area contributed by atoms with E-state index in [2.05, 4.69) is 0 Å². The third-order valence-electron chi connectivity index (χ3n) is 5.49. The first kappa shape index (κ1) is 23.9. The molecule has 1 unspecified atom stereocenters. The number of carbonyl (C=O) groups is 1. The molecule has 0 bridgehead atoms. The van der Waals surface area contributed by atoms with E-state index in [-0.39, 0.29) is 18.7 Å². The Morgan fingerprint density at radius 2 is 1.53 bits per heavy atom. The molecular weight excluding hydrogens is 440 g/mol. The average Bonchev–Trinajstić information content (AvgIpc) is 2.76. The van der Waals surface area contributed by atoms with E-state index >= 15 is 0 Å². The molecule has 1 heterocycles. The quantitative estimate of drug-likeness (QED) is 0.530. The molecule has 174 valence electrons. The van der Waals surface area contributed by atoms with E-state index in [4.69, 9.17) is 5.73 Å². The van der Waals surface area contributed by atoms with Crippen LogP contribution in [0.3, 0.4) is 0 Å². The first-order chi connectivity index (χ1) is 15.0. The summed E-state index contributed by atoms with van der Waals surface area (Å²) in [5.41, 5.74) is 0.902. The van der Waals surface area contributed by atoms with Crippen molar-refractivity contribution in [2.75, 3.05) is 38.6 Å². The number of hydrogen-bond acceptors (Lipinski definition) is 4. The highest BCUT2D eigenvalue weighted by Gasteiger charge is 2.55. The number of halogens is 6. The van der Waals surface area contributed by atoms with Gasteiger partial charge in [0.1, 0.15) is 24.0 Å². The van der Waals surface area contributed by atoms with Crippen LogP contribution in [0.5, 0.6) is 0 Å². The lowest BCUT2D eigenvalue weighted by molar-refractivity contribution is -0.271. The van der Waals surface area contributed by atoms with E-state index in [9.17, 15) is 36.2 Å². The van der Waals surface area contributed by atoms with Gasteiger partial charge in [0.05, 0.1) is 0 Å². The van der Waals surface area contributed by atoms with Gasteiger partial charge >= 0.3 is 6.18 Å².